The Bertz CT molecular complexity index is 840. The minimum absolute atomic E-state index is 0.185. The number of amidine groups is 1. The predicted octanol–water partition coefficient (Wildman–Crippen LogP) is 1.75. The highest BCUT2D eigenvalue weighted by molar-refractivity contribution is 6.06. The minimum atomic E-state index is -0.185. The average Bonchev–Trinajstić information content (AvgIpc) is 3.07. The van der Waals surface area contributed by atoms with Gasteiger partial charge in [-0.2, -0.15) is 4.99 Å². The third-order valence-corrected chi connectivity index (χ3v) is 3.99. The first-order valence-corrected chi connectivity index (χ1v) is 7.82. The first-order chi connectivity index (χ1) is 11.8. The second-order valence-corrected chi connectivity index (χ2v) is 5.65. The molecule has 0 spiro atoms. The number of amides is 1. The molecule has 1 unspecified atom stereocenters. The largest absolute Gasteiger partial charge is 0.320 e. The van der Waals surface area contributed by atoms with E-state index in [1.807, 2.05) is 67.0 Å². The number of quaternary nitrogens is 1. The highest BCUT2D eigenvalue weighted by atomic mass is 16.2. The van der Waals surface area contributed by atoms with Crippen LogP contribution in [0.25, 0.3) is 0 Å². The summed E-state index contributed by atoms with van der Waals surface area (Å²) in [5.74, 6) is 0.677. The van der Waals surface area contributed by atoms with E-state index in [0.717, 1.165) is 22.1 Å². The predicted molar refractivity (Wildman–Crippen MR) is 94.5 cm³/mol. The van der Waals surface area contributed by atoms with Crippen LogP contribution < -0.4 is 15.1 Å². The van der Waals surface area contributed by atoms with Crippen molar-refractivity contribution in [2.24, 2.45) is 4.99 Å². The minimum Gasteiger partial charge on any atom is -0.320 e. The Balaban J connectivity index is 1.49. The van der Waals surface area contributed by atoms with Crippen LogP contribution in [0.5, 0.6) is 0 Å². The first kappa shape index (κ1) is 14.4. The number of carbonyl (C=O) groups excluding carboxylic acids is 1. The Kier molecular flexibility index (Phi) is 3.69. The van der Waals surface area contributed by atoms with Gasteiger partial charge in [-0.15, -0.1) is 0 Å². The highest BCUT2D eigenvalue weighted by Crippen LogP contribution is 2.15. The molecule has 2 N–H and O–H groups in total. The Morgan fingerprint density at radius 1 is 1.04 bits per heavy atom. The molecule has 5 nitrogen and oxygen atoms in total. The molecule has 1 amide bonds. The van der Waals surface area contributed by atoms with Gasteiger partial charge in [0.15, 0.2) is 12.4 Å². The summed E-state index contributed by atoms with van der Waals surface area (Å²) in [6, 6.07) is 19.6. The quantitative estimate of drug-likeness (QED) is 0.906. The molecule has 2 aromatic carbocycles. The smallest absolute Gasteiger partial charge is 0.280 e. The number of anilines is 2. The zero-order valence-corrected chi connectivity index (χ0v) is 13.0. The van der Waals surface area contributed by atoms with E-state index >= 15 is 0 Å². The lowest BCUT2D eigenvalue weighted by molar-refractivity contribution is -0.742. The van der Waals surface area contributed by atoms with E-state index in [9.17, 15) is 4.79 Å². The van der Waals surface area contributed by atoms with Crippen LogP contribution in [0.15, 0.2) is 89.8 Å². The fraction of sp³-hybridized carbons (Fsp3) is 0.0526. The lowest BCUT2D eigenvalue weighted by atomic mass is 10.3. The maximum Gasteiger partial charge on any atom is 0.280 e. The third kappa shape index (κ3) is 2.85. The van der Waals surface area contributed by atoms with Crippen LogP contribution in [-0.2, 0) is 4.79 Å². The van der Waals surface area contributed by atoms with Gasteiger partial charge in [-0.1, -0.05) is 36.4 Å². The number of nitrogens with one attached hydrogen (secondary N) is 2. The second-order valence-electron chi connectivity index (χ2n) is 5.65. The molecule has 5 heteroatoms. The fourth-order valence-corrected chi connectivity index (χ4v) is 2.77. The van der Waals surface area contributed by atoms with Crippen molar-refractivity contribution in [3.8, 4) is 0 Å². The van der Waals surface area contributed by atoms with Crippen molar-refractivity contribution < 1.29 is 9.69 Å². The van der Waals surface area contributed by atoms with Gasteiger partial charge in [0.2, 0.25) is 5.84 Å². The average molecular weight is 317 g/mol. The van der Waals surface area contributed by atoms with E-state index in [0.29, 0.717) is 12.4 Å². The van der Waals surface area contributed by atoms with E-state index in [2.05, 4.69) is 27.3 Å². The van der Waals surface area contributed by atoms with E-state index in [1.54, 1.807) is 0 Å². The molecule has 1 atom stereocenters. The lowest BCUT2D eigenvalue weighted by Gasteiger charge is -2.25. The molecule has 2 aromatic rings. The molecule has 0 fully saturated rings. The van der Waals surface area contributed by atoms with Gasteiger partial charge in [-0.3, -0.25) is 9.69 Å². The number of rotatable bonds is 3. The molecular weight excluding hydrogens is 300 g/mol. The summed E-state index contributed by atoms with van der Waals surface area (Å²) in [4.78, 5) is 20.0. The van der Waals surface area contributed by atoms with E-state index < -0.39 is 0 Å². The molecular formula is C19H17N4O+. The van der Waals surface area contributed by atoms with E-state index in [-0.39, 0.29) is 5.91 Å². The van der Waals surface area contributed by atoms with Crippen LogP contribution >= 0.6 is 0 Å². The number of fused-ring (bicyclic) bond motifs is 1. The SMILES string of the molecule is O=C(Nc1ccccc1)C1=C[NH+]2CN(c3ccccc3)C=CC2=N1. The number of para-hydroxylation sites is 2. The van der Waals surface area contributed by atoms with Crippen LogP contribution in [0.4, 0.5) is 11.4 Å². The lowest BCUT2D eigenvalue weighted by Crippen LogP contribution is -3.11. The van der Waals surface area contributed by atoms with Crippen LogP contribution in [0.2, 0.25) is 0 Å². The topological polar surface area (TPSA) is 49.1 Å². The van der Waals surface area contributed by atoms with Crippen molar-refractivity contribution in [1.82, 2.24) is 0 Å². The fourth-order valence-electron chi connectivity index (χ4n) is 2.77. The number of benzene rings is 2. The van der Waals surface area contributed by atoms with Crippen molar-refractivity contribution in [3.05, 3.63) is 84.8 Å². The Labute approximate surface area is 140 Å². The molecule has 118 valence electrons. The molecule has 4 rings (SSSR count). The summed E-state index contributed by atoms with van der Waals surface area (Å²) in [7, 11) is 0. The monoisotopic (exact) mass is 317 g/mol. The van der Waals surface area contributed by atoms with Gasteiger partial charge in [0.25, 0.3) is 5.91 Å². The summed E-state index contributed by atoms with van der Waals surface area (Å²) < 4.78 is 0. The molecule has 0 bridgehead atoms. The van der Waals surface area contributed by atoms with Gasteiger partial charge in [0, 0.05) is 23.7 Å². The third-order valence-electron chi connectivity index (χ3n) is 3.99. The summed E-state index contributed by atoms with van der Waals surface area (Å²) in [6.45, 7) is 0.710. The molecule has 24 heavy (non-hydrogen) atoms. The summed E-state index contributed by atoms with van der Waals surface area (Å²) in [6.07, 6.45) is 5.82. The van der Waals surface area contributed by atoms with Crippen molar-refractivity contribution >= 4 is 23.1 Å². The molecule has 2 aliphatic heterocycles. The zero-order chi connectivity index (χ0) is 16.4. The Morgan fingerprint density at radius 3 is 2.50 bits per heavy atom. The number of hydrogen-bond donors (Lipinski definition) is 2. The Morgan fingerprint density at radius 2 is 1.75 bits per heavy atom. The number of nitrogens with zero attached hydrogens (tertiary/aromatic N) is 2. The molecule has 0 aliphatic carbocycles. The zero-order valence-electron chi connectivity index (χ0n) is 13.0. The Hall–Kier alpha value is -3.18. The van der Waals surface area contributed by atoms with Gasteiger partial charge in [0.05, 0.1) is 0 Å². The van der Waals surface area contributed by atoms with Crippen LogP contribution in [0, 0.1) is 0 Å². The number of hydrogen-bond acceptors (Lipinski definition) is 3. The van der Waals surface area contributed by atoms with Crippen LogP contribution in [0.3, 0.4) is 0 Å². The van der Waals surface area contributed by atoms with Crippen molar-refractivity contribution in [2.75, 3.05) is 16.9 Å². The van der Waals surface area contributed by atoms with Crippen molar-refractivity contribution in [1.29, 1.82) is 0 Å². The number of aliphatic imine (C=N–C) groups is 1. The molecule has 2 heterocycles. The highest BCUT2D eigenvalue weighted by Gasteiger charge is 2.30. The first-order valence-electron chi connectivity index (χ1n) is 7.82. The molecule has 0 radical (unpaired) electrons. The summed E-state index contributed by atoms with van der Waals surface area (Å²) in [5, 5.41) is 2.87. The standard InChI is InChI=1S/C19H16N4O/c24-19(20-15-7-3-1-4-8-15)17-13-23-14-22(12-11-18(23)21-17)16-9-5-2-6-10-16/h1-13H,14H2,(H,20,24)/p+1. The second kappa shape index (κ2) is 6.14. The van der Waals surface area contributed by atoms with Crippen LogP contribution in [0.1, 0.15) is 0 Å². The molecule has 0 aromatic heterocycles. The summed E-state index contributed by atoms with van der Waals surface area (Å²) >= 11 is 0. The normalized spacial score (nSPS) is 18.7. The van der Waals surface area contributed by atoms with Crippen molar-refractivity contribution in [2.45, 2.75) is 0 Å². The van der Waals surface area contributed by atoms with E-state index in [4.69, 9.17) is 0 Å². The van der Waals surface area contributed by atoms with Gasteiger partial charge in [-0.05, 0) is 24.3 Å². The molecule has 0 saturated carbocycles. The maximum atomic E-state index is 12.4. The van der Waals surface area contributed by atoms with Gasteiger partial charge >= 0.3 is 0 Å². The van der Waals surface area contributed by atoms with Gasteiger partial charge in [0.1, 0.15) is 6.20 Å². The maximum absolute atomic E-state index is 12.4. The van der Waals surface area contributed by atoms with Crippen molar-refractivity contribution in [3.63, 3.8) is 0 Å². The number of carbonyl (C=O) groups is 1. The van der Waals surface area contributed by atoms with Gasteiger partial charge < -0.3 is 5.32 Å². The van der Waals surface area contributed by atoms with Crippen LogP contribution in [-0.4, -0.2) is 18.4 Å². The molecule has 2 aliphatic rings. The molecule has 0 saturated heterocycles. The van der Waals surface area contributed by atoms with E-state index in [1.165, 1.54) is 0 Å². The van der Waals surface area contributed by atoms with Gasteiger partial charge in [-0.25, -0.2) is 4.90 Å². The summed E-state index contributed by atoms with van der Waals surface area (Å²) in [5.41, 5.74) is 2.34.